The van der Waals surface area contributed by atoms with E-state index in [1.807, 2.05) is 25.9 Å². The fourth-order valence-corrected chi connectivity index (χ4v) is 1.71. The van der Waals surface area contributed by atoms with Gasteiger partial charge in [-0.05, 0) is 20.5 Å². The zero-order valence-electron chi connectivity index (χ0n) is 10.0. The van der Waals surface area contributed by atoms with E-state index in [-0.39, 0.29) is 5.78 Å². The van der Waals surface area contributed by atoms with Crippen LogP contribution in [0.3, 0.4) is 0 Å². The Morgan fingerprint density at radius 3 is 2.81 bits per heavy atom. The van der Waals surface area contributed by atoms with Gasteiger partial charge in [0.15, 0.2) is 5.78 Å². The molecule has 0 amide bonds. The molecule has 1 rings (SSSR count). The SMILES string of the molecule is CCCn1ncc(Cl)c1C(=O)CCN(C)C. The van der Waals surface area contributed by atoms with Crippen LogP contribution in [0, 0.1) is 0 Å². The lowest BCUT2D eigenvalue weighted by Crippen LogP contribution is -2.19. The second-order valence-electron chi connectivity index (χ2n) is 4.04. The van der Waals surface area contributed by atoms with Gasteiger partial charge in [-0.15, -0.1) is 0 Å². The Hall–Kier alpha value is -0.870. The number of halogens is 1. The van der Waals surface area contributed by atoms with Gasteiger partial charge < -0.3 is 4.90 Å². The topological polar surface area (TPSA) is 38.1 Å². The van der Waals surface area contributed by atoms with Gasteiger partial charge in [0.2, 0.25) is 0 Å². The highest BCUT2D eigenvalue weighted by atomic mass is 35.5. The van der Waals surface area contributed by atoms with Crippen molar-refractivity contribution < 1.29 is 4.79 Å². The lowest BCUT2D eigenvalue weighted by molar-refractivity contribution is 0.0962. The third-order valence-electron chi connectivity index (χ3n) is 2.28. The first kappa shape index (κ1) is 13.2. The number of hydrogen-bond donors (Lipinski definition) is 0. The maximum Gasteiger partial charge on any atom is 0.183 e. The van der Waals surface area contributed by atoms with Crippen LogP contribution in [0.25, 0.3) is 0 Å². The summed E-state index contributed by atoms with van der Waals surface area (Å²) >= 11 is 5.97. The lowest BCUT2D eigenvalue weighted by atomic mass is 10.2. The molecule has 1 aromatic heterocycles. The Bertz CT molecular complexity index is 360. The van der Waals surface area contributed by atoms with Gasteiger partial charge in [-0.2, -0.15) is 5.10 Å². The van der Waals surface area contributed by atoms with Crippen LogP contribution in [0.5, 0.6) is 0 Å². The zero-order valence-corrected chi connectivity index (χ0v) is 10.8. The molecule has 0 saturated heterocycles. The van der Waals surface area contributed by atoms with Crippen molar-refractivity contribution in [3.63, 3.8) is 0 Å². The molecule has 0 saturated carbocycles. The molecule has 0 aliphatic heterocycles. The Morgan fingerprint density at radius 2 is 2.25 bits per heavy atom. The number of aromatic nitrogens is 2. The highest BCUT2D eigenvalue weighted by molar-refractivity contribution is 6.33. The smallest absolute Gasteiger partial charge is 0.183 e. The van der Waals surface area contributed by atoms with E-state index in [4.69, 9.17) is 11.6 Å². The van der Waals surface area contributed by atoms with Gasteiger partial charge >= 0.3 is 0 Å². The summed E-state index contributed by atoms with van der Waals surface area (Å²) in [6.45, 7) is 3.51. The molecule has 1 aromatic rings. The lowest BCUT2D eigenvalue weighted by Gasteiger charge is -2.09. The quantitative estimate of drug-likeness (QED) is 0.718. The summed E-state index contributed by atoms with van der Waals surface area (Å²) in [7, 11) is 3.89. The van der Waals surface area contributed by atoms with Crippen molar-refractivity contribution in [1.82, 2.24) is 14.7 Å². The second kappa shape index (κ2) is 6.01. The van der Waals surface area contributed by atoms with Gasteiger partial charge in [-0.3, -0.25) is 9.48 Å². The molecule has 0 unspecified atom stereocenters. The van der Waals surface area contributed by atoms with Crippen LogP contribution in [0.4, 0.5) is 0 Å². The number of Topliss-reactive ketones (excluding diaryl/α,β-unsaturated/α-hetero) is 1. The second-order valence-corrected chi connectivity index (χ2v) is 4.45. The maximum atomic E-state index is 12.0. The maximum absolute atomic E-state index is 12.0. The highest BCUT2D eigenvalue weighted by Crippen LogP contribution is 2.17. The summed E-state index contributed by atoms with van der Waals surface area (Å²) < 4.78 is 1.69. The number of carbonyl (C=O) groups is 1. The van der Waals surface area contributed by atoms with Crippen molar-refractivity contribution in [3.8, 4) is 0 Å². The number of hydrogen-bond acceptors (Lipinski definition) is 3. The number of ketones is 1. The van der Waals surface area contributed by atoms with Crippen molar-refractivity contribution in [2.45, 2.75) is 26.3 Å². The summed E-state index contributed by atoms with van der Waals surface area (Å²) in [6, 6.07) is 0. The number of carbonyl (C=O) groups excluding carboxylic acids is 1. The molecule has 16 heavy (non-hydrogen) atoms. The number of aryl methyl sites for hydroxylation is 1. The summed E-state index contributed by atoms with van der Waals surface area (Å²) in [5.41, 5.74) is 0.547. The van der Waals surface area contributed by atoms with E-state index in [9.17, 15) is 4.79 Å². The largest absolute Gasteiger partial charge is 0.309 e. The summed E-state index contributed by atoms with van der Waals surface area (Å²) in [4.78, 5) is 13.9. The molecule has 0 atom stereocenters. The van der Waals surface area contributed by atoms with E-state index < -0.39 is 0 Å². The molecule has 0 bridgehead atoms. The van der Waals surface area contributed by atoms with Gasteiger partial charge in [0.25, 0.3) is 0 Å². The Labute approximate surface area is 101 Å². The molecule has 0 aromatic carbocycles. The Balaban J connectivity index is 2.76. The third-order valence-corrected chi connectivity index (χ3v) is 2.56. The molecular weight excluding hydrogens is 226 g/mol. The minimum absolute atomic E-state index is 0.0599. The monoisotopic (exact) mass is 243 g/mol. The molecular formula is C11H18ClN3O. The van der Waals surface area contributed by atoms with Crippen LogP contribution < -0.4 is 0 Å². The van der Waals surface area contributed by atoms with Gasteiger partial charge in [-0.1, -0.05) is 18.5 Å². The first-order valence-corrected chi connectivity index (χ1v) is 5.83. The molecule has 1 heterocycles. The molecule has 0 aliphatic carbocycles. The van der Waals surface area contributed by atoms with Crippen molar-refractivity contribution in [2.75, 3.05) is 20.6 Å². The molecule has 0 radical (unpaired) electrons. The van der Waals surface area contributed by atoms with Crippen LogP contribution >= 0.6 is 11.6 Å². The van der Waals surface area contributed by atoms with Gasteiger partial charge in [0.1, 0.15) is 5.69 Å². The Kier molecular flexibility index (Phi) is 4.96. The molecule has 0 fully saturated rings. The van der Waals surface area contributed by atoms with Crippen LogP contribution in [-0.4, -0.2) is 41.1 Å². The number of rotatable bonds is 6. The van der Waals surface area contributed by atoms with Gasteiger partial charge in [-0.25, -0.2) is 0 Å². The Morgan fingerprint density at radius 1 is 1.56 bits per heavy atom. The average molecular weight is 244 g/mol. The van der Waals surface area contributed by atoms with E-state index in [0.29, 0.717) is 17.1 Å². The summed E-state index contributed by atoms with van der Waals surface area (Å²) in [6.07, 6.45) is 2.95. The predicted octanol–water partition coefficient (Wildman–Crippen LogP) is 2.08. The number of nitrogens with zero attached hydrogens (tertiary/aromatic N) is 3. The van der Waals surface area contributed by atoms with E-state index in [0.717, 1.165) is 19.5 Å². The van der Waals surface area contributed by atoms with E-state index in [2.05, 4.69) is 5.10 Å². The summed E-state index contributed by atoms with van der Waals surface area (Å²) in [5.74, 6) is 0.0599. The van der Waals surface area contributed by atoms with E-state index >= 15 is 0 Å². The minimum Gasteiger partial charge on any atom is -0.309 e. The van der Waals surface area contributed by atoms with Crippen molar-refractivity contribution in [1.29, 1.82) is 0 Å². The fourth-order valence-electron chi connectivity index (χ4n) is 1.46. The average Bonchev–Trinajstić information content (AvgIpc) is 2.57. The first-order valence-electron chi connectivity index (χ1n) is 5.45. The van der Waals surface area contributed by atoms with Gasteiger partial charge in [0, 0.05) is 19.5 Å². The van der Waals surface area contributed by atoms with Crippen molar-refractivity contribution in [3.05, 3.63) is 16.9 Å². The third kappa shape index (κ3) is 3.32. The van der Waals surface area contributed by atoms with Crippen LogP contribution in [0.1, 0.15) is 30.3 Å². The molecule has 0 aliphatic rings. The normalized spacial score (nSPS) is 11.1. The molecule has 0 spiro atoms. The zero-order chi connectivity index (χ0) is 12.1. The van der Waals surface area contributed by atoms with E-state index in [1.165, 1.54) is 0 Å². The fraction of sp³-hybridized carbons (Fsp3) is 0.636. The molecule has 4 nitrogen and oxygen atoms in total. The molecule has 5 heteroatoms. The highest BCUT2D eigenvalue weighted by Gasteiger charge is 2.16. The standard InChI is InChI=1S/C11H18ClN3O/c1-4-6-15-11(9(12)8-13-15)10(16)5-7-14(2)3/h8H,4-7H2,1-3H3. The van der Waals surface area contributed by atoms with E-state index in [1.54, 1.807) is 10.9 Å². The van der Waals surface area contributed by atoms with Crippen molar-refractivity contribution >= 4 is 17.4 Å². The minimum atomic E-state index is 0.0599. The first-order chi connectivity index (χ1) is 7.56. The molecule has 0 N–H and O–H groups in total. The van der Waals surface area contributed by atoms with Crippen LogP contribution in [-0.2, 0) is 6.54 Å². The van der Waals surface area contributed by atoms with Crippen LogP contribution in [0.2, 0.25) is 5.02 Å². The van der Waals surface area contributed by atoms with Gasteiger partial charge in [0.05, 0.1) is 11.2 Å². The van der Waals surface area contributed by atoms with Crippen LogP contribution in [0.15, 0.2) is 6.20 Å². The summed E-state index contributed by atoms with van der Waals surface area (Å²) in [5, 5.41) is 4.56. The van der Waals surface area contributed by atoms with Crippen molar-refractivity contribution in [2.24, 2.45) is 0 Å². The predicted molar refractivity (Wildman–Crippen MR) is 65.0 cm³/mol. The molecule has 90 valence electrons.